The molecule has 0 heterocycles. The maximum absolute atomic E-state index is 11.9. The number of esters is 1. The van der Waals surface area contributed by atoms with Crippen LogP contribution in [0, 0.1) is 5.92 Å². The van der Waals surface area contributed by atoms with Crippen molar-refractivity contribution in [3.05, 3.63) is 0 Å². The van der Waals surface area contributed by atoms with Gasteiger partial charge in [0, 0.05) is 19.4 Å². The molecule has 0 aliphatic carbocycles. The molecule has 0 bridgehead atoms. The average molecular weight is 426 g/mol. The van der Waals surface area contributed by atoms with Crippen molar-refractivity contribution in [2.75, 3.05) is 13.2 Å². The zero-order valence-corrected chi connectivity index (χ0v) is 20.4. The van der Waals surface area contributed by atoms with E-state index in [1.165, 1.54) is 64.2 Å². The summed E-state index contributed by atoms with van der Waals surface area (Å²) in [5.41, 5.74) is 0. The zero-order valence-electron chi connectivity index (χ0n) is 20.4. The summed E-state index contributed by atoms with van der Waals surface area (Å²) in [6.07, 6.45) is 20.0. The number of amides is 1. The first-order chi connectivity index (χ1) is 14.6. The van der Waals surface area contributed by atoms with Crippen LogP contribution in [-0.2, 0) is 14.3 Å². The third kappa shape index (κ3) is 20.2. The summed E-state index contributed by atoms with van der Waals surface area (Å²) in [5.74, 6) is 0.743. The van der Waals surface area contributed by atoms with Crippen LogP contribution in [0.1, 0.15) is 136 Å². The van der Waals surface area contributed by atoms with Gasteiger partial charge in [0.05, 0.1) is 6.61 Å². The number of nitrogens with one attached hydrogen (secondary N) is 1. The molecule has 0 saturated carbocycles. The Bertz CT molecular complexity index is 398. The number of ether oxygens (including phenoxy) is 1. The molecule has 0 aromatic rings. The van der Waals surface area contributed by atoms with E-state index in [0.29, 0.717) is 25.4 Å². The van der Waals surface area contributed by atoms with Gasteiger partial charge in [0.25, 0.3) is 0 Å². The van der Waals surface area contributed by atoms with E-state index in [9.17, 15) is 9.59 Å². The third-order valence-corrected chi connectivity index (χ3v) is 5.91. The Morgan fingerprint density at radius 3 is 1.87 bits per heavy atom. The number of rotatable bonds is 22. The van der Waals surface area contributed by atoms with Crippen LogP contribution in [0.5, 0.6) is 0 Å². The SMILES string of the molecule is CCCCCC(=O)NCCCCCCCCCCCC(=O)OCC(CC)CCCC. The van der Waals surface area contributed by atoms with Crippen molar-refractivity contribution in [2.24, 2.45) is 5.92 Å². The summed E-state index contributed by atoms with van der Waals surface area (Å²) >= 11 is 0. The van der Waals surface area contributed by atoms with Gasteiger partial charge in [-0.1, -0.05) is 97.8 Å². The molecule has 0 aliphatic rings. The highest BCUT2D eigenvalue weighted by atomic mass is 16.5. The largest absolute Gasteiger partial charge is 0.465 e. The second-order valence-corrected chi connectivity index (χ2v) is 8.84. The Balaban J connectivity index is 3.34. The molecular formula is C26H51NO3. The maximum Gasteiger partial charge on any atom is 0.305 e. The zero-order chi connectivity index (χ0) is 22.3. The van der Waals surface area contributed by atoms with Gasteiger partial charge >= 0.3 is 5.97 Å². The van der Waals surface area contributed by atoms with E-state index in [2.05, 4.69) is 26.1 Å². The molecule has 30 heavy (non-hydrogen) atoms. The molecule has 0 spiro atoms. The lowest BCUT2D eigenvalue weighted by atomic mass is 10.0. The molecule has 4 heteroatoms. The number of unbranched alkanes of at least 4 members (excludes halogenated alkanes) is 11. The van der Waals surface area contributed by atoms with Gasteiger partial charge in [-0.25, -0.2) is 0 Å². The molecule has 0 aromatic carbocycles. The van der Waals surface area contributed by atoms with Crippen molar-refractivity contribution in [2.45, 2.75) is 136 Å². The van der Waals surface area contributed by atoms with Gasteiger partial charge < -0.3 is 10.1 Å². The highest BCUT2D eigenvalue weighted by Gasteiger charge is 2.09. The molecule has 178 valence electrons. The van der Waals surface area contributed by atoms with E-state index in [1.807, 2.05) is 0 Å². The lowest BCUT2D eigenvalue weighted by molar-refractivity contribution is -0.145. The van der Waals surface area contributed by atoms with Crippen LogP contribution in [0.15, 0.2) is 0 Å². The van der Waals surface area contributed by atoms with Gasteiger partial charge in [-0.3, -0.25) is 9.59 Å². The van der Waals surface area contributed by atoms with Crippen molar-refractivity contribution in [1.82, 2.24) is 5.32 Å². The van der Waals surface area contributed by atoms with Crippen LogP contribution in [0.4, 0.5) is 0 Å². The summed E-state index contributed by atoms with van der Waals surface area (Å²) in [5, 5.41) is 3.03. The Hall–Kier alpha value is -1.06. The topological polar surface area (TPSA) is 55.4 Å². The van der Waals surface area contributed by atoms with E-state index >= 15 is 0 Å². The minimum Gasteiger partial charge on any atom is -0.465 e. The molecule has 0 radical (unpaired) electrons. The van der Waals surface area contributed by atoms with Crippen LogP contribution >= 0.6 is 0 Å². The molecule has 0 aliphatic heterocycles. The number of carbonyl (C=O) groups is 2. The monoisotopic (exact) mass is 425 g/mol. The highest BCUT2D eigenvalue weighted by Crippen LogP contribution is 2.14. The molecule has 4 nitrogen and oxygen atoms in total. The first kappa shape index (κ1) is 28.9. The van der Waals surface area contributed by atoms with E-state index in [-0.39, 0.29) is 11.9 Å². The Morgan fingerprint density at radius 2 is 1.27 bits per heavy atom. The van der Waals surface area contributed by atoms with E-state index in [4.69, 9.17) is 4.74 Å². The first-order valence-corrected chi connectivity index (χ1v) is 13.1. The molecule has 0 saturated heterocycles. The van der Waals surface area contributed by atoms with Gasteiger partial charge in [-0.05, 0) is 31.6 Å². The molecule has 1 atom stereocenters. The highest BCUT2D eigenvalue weighted by molar-refractivity contribution is 5.75. The predicted octanol–water partition coefficient (Wildman–Crippen LogP) is 7.34. The molecular weight excluding hydrogens is 374 g/mol. The van der Waals surface area contributed by atoms with E-state index in [1.54, 1.807) is 0 Å². The summed E-state index contributed by atoms with van der Waals surface area (Å²) in [4.78, 5) is 23.5. The van der Waals surface area contributed by atoms with E-state index < -0.39 is 0 Å². The Kier molecular flexibility index (Phi) is 21.8. The fourth-order valence-electron chi connectivity index (χ4n) is 3.66. The number of hydrogen-bond donors (Lipinski definition) is 1. The fraction of sp³-hybridized carbons (Fsp3) is 0.923. The smallest absolute Gasteiger partial charge is 0.305 e. The van der Waals surface area contributed by atoms with Gasteiger partial charge in [0.15, 0.2) is 0 Å². The first-order valence-electron chi connectivity index (χ1n) is 13.1. The van der Waals surface area contributed by atoms with Gasteiger partial charge in [-0.15, -0.1) is 0 Å². The molecule has 0 rings (SSSR count). The summed E-state index contributed by atoms with van der Waals surface area (Å²) in [6, 6.07) is 0. The molecule has 1 N–H and O–H groups in total. The average Bonchev–Trinajstić information content (AvgIpc) is 2.74. The lowest BCUT2D eigenvalue weighted by Crippen LogP contribution is -2.23. The molecule has 1 amide bonds. The van der Waals surface area contributed by atoms with Crippen LogP contribution in [0.25, 0.3) is 0 Å². The Labute approximate surface area is 187 Å². The second-order valence-electron chi connectivity index (χ2n) is 8.84. The lowest BCUT2D eigenvalue weighted by Gasteiger charge is -2.14. The standard InChI is InChI=1S/C26H51NO3/c1-4-7-16-20-25(28)27-22-18-15-13-11-9-10-12-14-17-21-26(29)30-23-24(6-3)19-8-5-2/h24H,4-23H2,1-3H3,(H,27,28). The third-order valence-electron chi connectivity index (χ3n) is 5.91. The Morgan fingerprint density at radius 1 is 0.700 bits per heavy atom. The van der Waals surface area contributed by atoms with Crippen molar-refractivity contribution < 1.29 is 14.3 Å². The molecule has 0 fully saturated rings. The van der Waals surface area contributed by atoms with Crippen molar-refractivity contribution >= 4 is 11.9 Å². The summed E-state index contributed by atoms with van der Waals surface area (Å²) in [7, 11) is 0. The normalized spacial score (nSPS) is 12.0. The minimum atomic E-state index is -0.0117. The summed E-state index contributed by atoms with van der Waals surface area (Å²) in [6.45, 7) is 7.99. The molecule has 1 unspecified atom stereocenters. The van der Waals surface area contributed by atoms with E-state index in [0.717, 1.165) is 45.1 Å². The van der Waals surface area contributed by atoms with Crippen LogP contribution in [0.2, 0.25) is 0 Å². The summed E-state index contributed by atoms with van der Waals surface area (Å²) < 4.78 is 5.46. The predicted molar refractivity (Wildman–Crippen MR) is 128 cm³/mol. The van der Waals surface area contributed by atoms with Crippen molar-refractivity contribution in [3.8, 4) is 0 Å². The minimum absolute atomic E-state index is 0.0117. The maximum atomic E-state index is 11.9. The number of carbonyl (C=O) groups excluding carboxylic acids is 2. The number of hydrogen-bond acceptors (Lipinski definition) is 3. The van der Waals surface area contributed by atoms with Gasteiger partial charge in [-0.2, -0.15) is 0 Å². The van der Waals surface area contributed by atoms with Crippen molar-refractivity contribution in [3.63, 3.8) is 0 Å². The molecule has 0 aromatic heterocycles. The second kappa shape index (κ2) is 22.6. The van der Waals surface area contributed by atoms with Crippen LogP contribution < -0.4 is 5.32 Å². The van der Waals surface area contributed by atoms with Gasteiger partial charge in [0.1, 0.15) is 0 Å². The van der Waals surface area contributed by atoms with Crippen LogP contribution in [-0.4, -0.2) is 25.0 Å². The van der Waals surface area contributed by atoms with Gasteiger partial charge in [0.2, 0.25) is 5.91 Å². The van der Waals surface area contributed by atoms with Crippen LogP contribution in [0.3, 0.4) is 0 Å². The quantitative estimate of drug-likeness (QED) is 0.146. The van der Waals surface area contributed by atoms with Crippen molar-refractivity contribution in [1.29, 1.82) is 0 Å². The fourth-order valence-corrected chi connectivity index (χ4v) is 3.66.